The summed E-state index contributed by atoms with van der Waals surface area (Å²) in [6.07, 6.45) is 4.81. The molecule has 10 nitrogen and oxygen atoms in total. The number of hydrogen-bond acceptors (Lipinski definition) is 10. The number of phenols is 1. The third-order valence-corrected chi connectivity index (χ3v) is 8.62. The number of azo groups is 1. The summed E-state index contributed by atoms with van der Waals surface area (Å²) in [4.78, 5) is 0.513. The van der Waals surface area contributed by atoms with Crippen LogP contribution in [0.1, 0.15) is 32.1 Å². The van der Waals surface area contributed by atoms with Crippen molar-refractivity contribution in [2.24, 2.45) is 10.2 Å². The summed E-state index contributed by atoms with van der Waals surface area (Å²) in [6, 6.07) is 12.7. The number of nitrogens with zero attached hydrogens (tertiary/aromatic N) is 3. The molecule has 3 aromatic rings. The Morgan fingerprint density at radius 3 is 2.57 bits per heavy atom. The molecule has 0 radical (unpaired) electrons. The summed E-state index contributed by atoms with van der Waals surface area (Å²) in [5, 5.41) is 32.0. The van der Waals surface area contributed by atoms with Crippen LogP contribution in [0.25, 0.3) is 10.8 Å². The molecule has 0 unspecified atom stereocenters. The Balaban J connectivity index is 1.72. The van der Waals surface area contributed by atoms with Crippen LogP contribution in [0.2, 0.25) is 0 Å². The normalized spacial score (nSPS) is 15.4. The molecule has 0 spiro atoms. The van der Waals surface area contributed by atoms with Crippen molar-refractivity contribution in [2.75, 3.05) is 12.8 Å². The zero-order chi connectivity index (χ0) is 25.0. The molecule has 35 heavy (non-hydrogen) atoms. The second kappa shape index (κ2) is 10.9. The molecule has 186 valence electrons. The fourth-order valence-electron chi connectivity index (χ4n) is 4.28. The Morgan fingerprint density at radius 2 is 1.83 bits per heavy atom. The highest BCUT2D eigenvalue weighted by Crippen LogP contribution is 2.42. The van der Waals surface area contributed by atoms with Crippen molar-refractivity contribution in [3.8, 4) is 5.75 Å². The van der Waals surface area contributed by atoms with E-state index in [1.165, 1.54) is 16.4 Å². The highest BCUT2D eigenvalue weighted by molar-refractivity contribution is 7.94. The van der Waals surface area contributed by atoms with E-state index in [1.807, 2.05) is 0 Å². The van der Waals surface area contributed by atoms with Gasteiger partial charge in [-0.3, -0.25) is 0 Å². The summed E-state index contributed by atoms with van der Waals surface area (Å²) in [7, 11) is -2.19. The molecule has 12 heteroatoms. The average molecular weight is 519 g/mol. The van der Waals surface area contributed by atoms with E-state index in [0.29, 0.717) is 27.7 Å². The van der Waals surface area contributed by atoms with Crippen molar-refractivity contribution in [1.29, 1.82) is 0 Å². The molecular formula is C23H26N4O6S2. The van der Waals surface area contributed by atoms with E-state index >= 15 is 0 Å². The first-order chi connectivity index (χ1) is 16.8. The molecule has 4 rings (SSSR count). The van der Waals surface area contributed by atoms with Gasteiger partial charge in [-0.1, -0.05) is 42.5 Å². The van der Waals surface area contributed by atoms with E-state index in [9.17, 15) is 13.5 Å². The number of phenolic OH excluding ortho intramolecular Hbond substituents is 1. The molecule has 0 heterocycles. The van der Waals surface area contributed by atoms with Gasteiger partial charge in [-0.25, -0.2) is 13.7 Å². The van der Waals surface area contributed by atoms with Crippen molar-refractivity contribution in [3.05, 3.63) is 48.5 Å². The highest BCUT2D eigenvalue weighted by atomic mass is 32.2. The van der Waals surface area contributed by atoms with Gasteiger partial charge in [0.15, 0.2) is 0 Å². The topological polar surface area (TPSA) is 147 Å². The predicted octanol–water partition coefficient (Wildman–Crippen LogP) is 5.92. The predicted molar refractivity (Wildman–Crippen MR) is 133 cm³/mol. The summed E-state index contributed by atoms with van der Waals surface area (Å²) in [5.74, 6) is -0.147. The van der Waals surface area contributed by atoms with Gasteiger partial charge in [-0.15, -0.1) is 14.6 Å². The molecule has 0 bridgehead atoms. The first-order valence-electron chi connectivity index (χ1n) is 11.0. The van der Waals surface area contributed by atoms with E-state index < -0.39 is 10.0 Å². The van der Waals surface area contributed by atoms with Crippen LogP contribution < -0.4 is 5.73 Å². The van der Waals surface area contributed by atoms with E-state index in [4.69, 9.17) is 11.0 Å². The van der Waals surface area contributed by atoms with Gasteiger partial charge >= 0.3 is 0 Å². The van der Waals surface area contributed by atoms with Gasteiger partial charge in [0.2, 0.25) is 10.0 Å². The maximum Gasteiger partial charge on any atom is 0.245 e. The summed E-state index contributed by atoms with van der Waals surface area (Å²) >= 11 is 0.700. The molecule has 4 N–H and O–H groups in total. The van der Waals surface area contributed by atoms with E-state index in [2.05, 4.69) is 19.6 Å². The maximum absolute atomic E-state index is 13.4. The van der Waals surface area contributed by atoms with Gasteiger partial charge in [0.1, 0.15) is 22.0 Å². The van der Waals surface area contributed by atoms with Crippen LogP contribution in [0.15, 0.2) is 68.6 Å². The van der Waals surface area contributed by atoms with Crippen molar-refractivity contribution >= 4 is 49.9 Å². The molecule has 0 saturated heterocycles. The summed E-state index contributed by atoms with van der Waals surface area (Å²) in [6.45, 7) is 0. The molecule has 1 fully saturated rings. The van der Waals surface area contributed by atoms with Gasteiger partial charge in [0, 0.05) is 18.0 Å². The molecule has 1 aliphatic rings. The van der Waals surface area contributed by atoms with Crippen LogP contribution in [0.3, 0.4) is 0 Å². The fraction of sp³-hybridized carbons (Fsp3) is 0.304. The van der Waals surface area contributed by atoms with Crippen LogP contribution in [0, 0.1) is 0 Å². The molecule has 0 aromatic heterocycles. The molecule has 1 aliphatic carbocycles. The third kappa shape index (κ3) is 5.42. The lowest BCUT2D eigenvalue weighted by molar-refractivity contribution is -0.432. The van der Waals surface area contributed by atoms with Crippen molar-refractivity contribution in [3.63, 3.8) is 0 Å². The highest BCUT2D eigenvalue weighted by Gasteiger charge is 2.30. The Labute approximate surface area is 207 Å². The van der Waals surface area contributed by atoms with E-state index in [-0.39, 0.29) is 33.7 Å². The Hall–Kier alpha value is -2.74. The smallest absolute Gasteiger partial charge is 0.245 e. The van der Waals surface area contributed by atoms with Crippen LogP contribution >= 0.6 is 12.0 Å². The number of hydrogen-bond donors (Lipinski definition) is 3. The van der Waals surface area contributed by atoms with Crippen LogP contribution in [-0.4, -0.2) is 36.2 Å². The third-order valence-electron chi connectivity index (χ3n) is 6.10. The number of rotatable bonds is 8. The van der Waals surface area contributed by atoms with Crippen LogP contribution in [-0.2, 0) is 19.4 Å². The zero-order valence-corrected chi connectivity index (χ0v) is 20.6. The minimum atomic E-state index is -3.80. The molecule has 0 aliphatic heterocycles. The maximum atomic E-state index is 13.4. The summed E-state index contributed by atoms with van der Waals surface area (Å²) < 4.78 is 32.7. The minimum Gasteiger partial charge on any atom is -0.507 e. The summed E-state index contributed by atoms with van der Waals surface area (Å²) in [5.41, 5.74) is 6.76. The monoisotopic (exact) mass is 518 g/mol. The quantitative estimate of drug-likeness (QED) is 0.109. The zero-order valence-electron chi connectivity index (χ0n) is 19.0. The van der Waals surface area contributed by atoms with Crippen molar-refractivity contribution in [2.45, 2.75) is 47.9 Å². The molecule has 1 saturated carbocycles. The number of anilines is 1. The number of sulfonamides is 1. The van der Waals surface area contributed by atoms with Crippen LogP contribution in [0.4, 0.5) is 17.1 Å². The van der Waals surface area contributed by atoms with Gasteiger partial charge in [0.05, 0.1) is 23.1 Å². The minimum absolute atomic E-state index is 0.0447. The largest absolute Gasteiger partial charge is 0.507 e. The van der Waals surface area contributed by atoms with Crippen LogP contribution in [0.5, 0.6) is 5.75 Å². The average Bonchev–Trinajstić information content (AvgIpc) is 2.87. The van der Waals surface area contributed by atoms with Gasteiger partial charge in [-0.2, -0.15) is 4.31 Å². The number of nitrogen functional groups attached to an aromatic ring is 1. The van der Waals surface area contributed by atoms with Gasteiger partial charge < -0.3 is 10.8 Å². The number of nitrogens with two attached hydrogens (primary N) is 1. The van der Waals surface area contributed by atoms with Crippen molar-refractivity contribution < 1.29 is 28.2 Å². The Bertz CT molecular complexity index is 1340. The lowest BCUT2D eigenvalue weighted by Gasteiger charge is -2.30. The molecular weight excluding hydrogens is 492 g/mol. The van der Waals surface area contributed by atoms with E-state index in [0.717, 1.165) is 32.1 Å². The second-order valence-electron chi connectivity index (χ2n) is 8.25. The first kappa shape index (κ1) is 25.4. The second-order valence-corrected chi connectivity index (χ2v) is 11.0. The van der Waals surface area contributed by atoms with Gasteiger partial charge in [-0.05, 0) is 48.6 Å². The number of benzene rings is 3. The lowest BCUT2D eigenvalue weighted by atomic mass is 9.96. The van der Waals surface area contributed by atoms with E-state index in [1.54, 1.807) is 43.4 Å². The first-order valence-corrected chi connectivity index (χ1v) is 13.2. The molecule has 0 atom stereocenters. The van der Waals surface area contributed by atoms with Crippen molar-refractivity contribution in [1.82, 2.24) is 4.31 Å². The molecule has 3 aromatic carbocycles. The Kier molecular flexibility index (Phi) is 7.89. The number of aromatic hydroxyl groups is 1. The fourth-order valence-corrected chi connectivity index (χ4v) is 6.26. The van der Waals surface area contributed by atoms with Gasteiger partial charge in [0.25, 0.3) is 0 Å². The standard InChI is InChI=1S/C23H26N4O6S2/c1-27(16-7-3-2-4-8-16)35(30,31)21-10-6-5-9-19(21)25-26-23-18(24)12-11-15-13-17(34-33-32-29)14-20(28)22(15)23/h5-6,9-14,16,28-29H,2-4,7-8,24H2,1H3. The SMILES string of the molecule is CN(C1CCCCC1)S(=O)(=O)c1ccccc1N=Nc1c(N)ccc2cc(SOOO)cc(O)c12. The molecule has 0 amide bonds. The Morgan fingerprint density at radius 1 is 1.09 bits per heavy atom. The lowest BCUT2D eigenvalue weighted by Crippen LogP contribution is -2.38. The number of fused-ring (bicyclic) bond motifs is 1.